The molecule has 6 heteroatoms. The summed E-state index contributed by atoms with van der Waals surface area (Å²) in [4.78, 5) is 12.7. The largest absolute Gasteiger partial charge is 0.364 e. The molecule has 1 atom stereocenters. The third kappa shape index (κ3) is 2.86. The summed E-state index contributed by atoms with van der Waals surface area (Å²) in [7, 11) is 0. The second-order valence-electron chi connectivity index (χ2n) is 4.24. The Hall–Kier alpha value is -0.890. The van der Waals surface area contributed by atoms with E-state index in [1.54, 1.807) is 6.07 Å². The molecule has 0 unspecified atom stereocenters. The number of nitrogens with two attached hydrogens (primary N) is 1. The molecule has 0 spiro atoms. The molecule has 1 saturated heterocycles. The molecule has 1 aliphatic heterocycles. The van der Waals surface area contributed by atoms with Crippen molar-refractivity contribution in [1.29, 1.82) is 0 Å². The molecule has 0 saturated carbocycles. The number of hydrogen-bond donors (Lipinski definition) is 1. The maximum Gasteiger partial charge on any atom is 0.293 e. The molecule has 0 radical (unpaired) electrons. The van der Waals surface area contributed by atoms with Gasteiger partial charge in [0.15, 0.2) is 0 Å². The van der Waals surface area contributed by atoms with Crippen molar-refractivity contribution in [1.82, 2.24) is 0 Å². The number of rotatable bonds is 2. The number of halogens is 1. The Balaban J connectivity index is 2.33. The molecule has 5 nitrogen and oxygen atoms in total. The van der Waals surface area contributed by atoms with Gasteiger partial charge in [-0.05, 0) is 47.6 Å². The molecule has 1 heterocycles. The zero-order chi connectivity index (χ0) is 12.4. The van der Waals surface area contributed by atoms with E-state index in [1.807, 2.05) is 17.0 Å². The molecule has 2 N–H and O–H groups in total. The van der Waals surface area contributed by atoms with Gasteiger partial charge in [-0.3, -0.25) is 10.1 Å². The first-order chi connectivity index (χ1) is 8.08. The molecule has 0 aromatic heterocycles. The Morgan fingerprint density at radius 2 is 2.29 bits per heavy atom. The number of nitro benzene ring substituents is 1. The molecule has 1 aromatic rings. The SMILES string of the molecule is N[C@@H]1CCCN(c2ccc(I)cc2[N+](=O)[O-])C1. The van der Waals surface area contributed by atoms with Gasteiger partial charge in [-0.25, -0.2) is 0 Å². The normalized spacial score (nSPS) is 20.4. The van der Waals surface area contributed by atoms with Gasteiger partial charge in [-0.1, -0.05) is 0 Å². The second-order valence-corrected chi connectivity index (χ2v) is 5.48. The Kier molecular flexibility index (Phi) is 3.82. The molecule has 0 bridgehead atoms. The Bertz CT molecular complexity index is 439. The van der Waals surface area contributed by atoms with Crippen molar-refractivity contribution in [3.05, 3.63) is 31.9 Å². The highest BCUT2D eigenvalue weighted by Crippen LogP contribution is 2.31. The number of anilines is 1. The molecular formula is C11H14IN3O2. The molecule has 2 rings (SSSR count). The first-order valence-electron chi connectivity index (χ1n) is 5.52. The first-order valence-corrected chi connectivity index (χ1v) is 6.60. The van der Waals surface area contributed by atoms with Crippen LogP contribution in [-0.4, -0.2) is 24.1 Å². The van der Waals surface area contributed by atoms with Gasteiger partial charge >= 0.3 is 0 Å². The van der Waals surface area contributed by atoms with Crippen molar-refractivity contribution in [3.8, 4) is 0 Å². The lowest BCUT2D eigenvalue weighted by Crippen LogP contribution is -2.43. The maximum atomic E-state index is 11.0. The summed E-state index contributed by atoms with van der Waals surface area (Å²) in [6.07, 6.45) is 1.99. The topological polar surface area (TPSA) is 72.4 Å². The van der Waals surface area contributed by atoms with Crippen LogP contribution in [0.1, 0.15) is 12.8 Å². The molecule has 1 fully saturated rings. The molecule has 0 aliphatic carbocycles. The van der Waals surface area contributed by atoms with Gasteiger partial charge in [0, 0.05) is 28.8 Å². The summed E-state index contributed by atoms with van der Waals surface area (Å²) in [6, 6.07) is 5.43. The van der Waals surface area contributed by atoms with E-state index in [2.05, 4.69) is 22.6 Å². The van der Waals surface area contributed by atoms with Crippen LogP contribution in [0.25, 0.3) is 0 Å². The zero-order valence-corrected chi connectivity index (χ0v) is 11.5. The summed E-state index contributed by atoms with van der Waals surface area (Å²) in [6.45, 7) is 1.54. The van der Waals surface area contributed by atoms with Gasteiger partial charge < -0.3 is 10.6 Å². The van der Waals surface area contributed by atoms with Crippen molar-refractivity contribution in [2.45, 2.75) is 18.9 Å². The predicted molar refractivity (Wildman–Crippen MR) is 75.2 cm³/mol. The molecule has 1 aromatic carbocycles. The smallest absolute Gasteiger partial charge is 0.293 e. The lowest BCUT2D eigenvalue weighted by atomic mass is 10.1. The highest BCUT2D eigenvalue weighted by molar-refractivity contribution is 14.1. The predicted octanol–water partition coefficient (Wildman–Crippen LogP) is 2.13. The van der Waals surface area contributed by atoms with E-state index in [0.717, 1.165) is 23.0 Å². The van der Waals surface area contributed by atoms with Crippen LogP contribution in [0.5, 0.6) is 0 Å². The molecule has 92 valence electrons. The summed E-state index contributed by atoms with van der Waals surface area (Å²) < 4.78 is 0.874. The standard InChI is InChI=1S/C11H14IN3O2/c12-8-3-4-10(11(6-8)15(16)17)14-5-1-2-9(13)7-14/h3-4,6,9H,1-2,5,7,13H2/t9-/m1/s1. The number of benzene rings is 1. The van der Waals surface area contributed by atoms with E-state index in [0.29, 0.717) is 12.2 Å². The molecular weight excluding hydrogens is 333 g/mol. The van der Waals surface area contributed by atoms with Crippen LogP contribution in [0.2, 0.25) is 0 Å². The van der Waals surface area contributed by atoms with Crippen LogP contribution >= 0.6 is 22.6 Å². The summed E-state index contributed by atoms with van der Waals surface area (Å²) >= 11 is 2.08. The van der Waals surface area contributed by atoms with Crippen LogP contribution in [0.4, 0.5) is 11.4 Å². The van der Waals surface area contributed by atoms with Crippen molar-refractivity contribution >= 4 is 34.0 Å². The third-order valence-electron chi connectivity index (χ3n) is 2.93. The minimum Gasteiger partial charge on any atom is -0.364 e. The van der Waals surface area contributed by atoms with E-state index in [1.165, 1.54) is 0 Å². The van der Waals surface area contributed by atoms with E-state index in [4.69, 9.17) is 5.73 Å². The average Bonchev–Trinajstić information content (AvgIpc) is 2.28. The maximum absolute atomic E-state index is 11.0. The molecule has 17 heavy (non-hydrogen) atoms. The minimum atomic E-state index is -0.322. The van der Waals surface area contributed by atoms with E-state index < -0.39 is 0 Å². The first kappa shape index (κ1) is 12.6. The van der Waals surface area contributed by atoms with Crippen molar-refractivity contribution in [2.75, 3.05) is 18.0 Å². The number of piperidine rings is 1. The van der Waals surface area contributed by atoms with Crippen LogP contribution in [0.3, 0.4) is 0 Å². The van der Waals surface area contributed by atoms with E-state index in [-0.39, 0.29) is 16.7 Å². The Morgan fingerprint density at radius 3 is 2.94 bits per heavy atom. The van der Waals surface area contributed by atoms with Gasteiger partial charge in [0.2, 0.25) is 0 Å². The lowest BCUT2D eigenvalue weighted by Gasteiger charge is -2.32. The van der Waals surface area contributed by atoms with Gasteiger partial charge in [-0.15, -0.1) is 0 Å². The summed E-state index contributed by atoms with van der Waals surface area (Å²) in [5.41, 5.74) is 6.76. The van der Waals surface area contributed by atoms with Gasteiger partial charge in [-0.2, -0.15) is 0 Å². The summed E-state index contributed by atoms with van der Waals surface area (Å²) in [5, 5.41) is 11.0. The minimum absolute atomic E-state index is 0.114. The second kappa shape index (κ2) is 5.18. The van der Waals surface area contributed by atoms with Crippen molar-refractivity contribution in [2.24, 2.45) is 5.73 Å². The number of nitrogens with zero attached hydrogens (tertiary/aromatic N) is 2. The molecule has 1 aliphatic rings. The number of hydrogen-bond acceptors (Lipinski definition) is 4. The fourth-order valence-corrected chi connectivity index (χ4v) is 2.61. The van der Waals surface area contributed by atoms with Crippen LogP contribution in [0, 0.1) is 13.7 Å². The monoisotopic (exact) mass is 347 g/mol. The van der Waals surface area contributed by atoms with Crippen LogP contribution < -0.4 is 10.6 Å². The van der Waals surface area contributed by atoms with Gasteiger partial charge in [0.05, 0.1) is 4.92 Å². The fourth-order valence-electron chi connectivity index (χ4n) is 2.14. The van der Waals surface area contributed by atoms with Crippen LogP contribution in [-0.2, 0) is 0 Å². The Morgan fingerprint density at radius 1 is 1.53 bits per heavy atom. The van der Waals surface area contributed by atoms with Crippen LogP contribution in [0.15, 0.2) is 18.2 Å². The van der Waals surface area contributed by atoms with E-state index >= 15 is 0 Å². The van der Waals surface area contributed by atoms with E-state index in [9.17, 15) is 10.1 Å². The van der Waals surface area contributed by atoms with Crippen molar-refractivity contribution < 1.29 is 4.92 Å². The highest BCUT2D eigenvalue weighted by Gasteiger charge is 2.23. The highest BCUT2D eigenvalue weighted by atomic mass is 127. The molecule has 0 amide bonds. The fraction of sp³-hybridized carbons (Fsp3) is 0.455. The number of nitro groups is 1. The van der Waals surface area contributed by atoms with Gasteiger partial charge in [0.25, 0.3) is 5.69 Å². The van der Waals surface area contributed by atoms with Gasteiger partial charge in [0.1, 0.15) is 5.69 Å². The lowest BCUT2D eigenvalue weighted by molar-refractivity contribution is -0.384. The third-order valence-corrected chi connectivity index (χ3v) is 3.60. The average molecular weight is 347 g/mol. The zero-order valence-electron chi connectivity index (χ0n) is 9.30. The van der Waals surface area contributed by atoms with Crippen molar-refractivity contribution in [3.63, 3.8) is 0 Å². The Labute approximate surface area is 113 Å². The quantitative estimate of drug-likeness (QED) is 0.505. The summed E-state index contributed by atoms with van der Waals surface area (Å²) in [5.74, 6) is 0.